The molecule has 19 heavy (non-hydrogen) atoms. The Hall–Kier alpha value is -1.34. The fourth-order valence-electron chi connectivity index (χ4n) is 1.22. The highest BCUT2D eigenvalue weighted by atomic mass is 33.1. The van der Waals surface area contributed by atoms with Crippen LogP contribution in [0.4, 0.5) is 4.79 Å². The Morgan fingerprint density at radius 3 is 2.63 bits per heavy atom. The molecular weight excluding hydrogens is 286 g/mol. The van der Waals surface area contributed by atoms with Crippen LogP contribution < -0.4 is 5.32 Å². The number of carbonyl (C=O) groups is 2. The molecule has 1 aromatic carbocycles. The van der Waals surface area contributed by atoms with Gasteiger partial charge in [-0.3, -0.25) is 0 Å². The molecule has 0 bridgehead atoms. The van der Waals surface area contributed by atoms with Crippen LogP contribution in [0, 0.1) is 0 Å². The highest BCUT2D eigenvalue weighted by molar-refractivity contribution is 8.76. The van der Waals surface area contributed by atoms with Crippen molar-refractivity contribution in [2.24, 2.45) is 0 Å². The van der Waals surface area contributed by atoms with Gasteiger partial charge in [0, 0.05) is 5.75 Å². The Bertz CT molecular complexity index is 413. The molecule has 1 rings (SSSR count). The van der Waals surface area contributed by atoms with Gasteiger partial charge in [0.15, 0.2) is 0 Å². The molecule has 0 aliphatic rings. The number of ether oxygens (including phenoxy) is 1. The van der Waals surface area contributed by atoms with E-state index in [2.05, 4.69) is 5.32 Å². The average molecular weight is 301 g/mol. The van der Waals surface area contributed by atoms with Crippen LogP contribution in [0.1, 0.15) is 5.56 Å². The monoisotopic (exact) mass is 301 g/mol. The van der Waals surface area contributed by atoms with Crippen molar-refractivity contribution in [2.45, 2.75) is 12.6 Å². The number of carbonyl (C=O) groups excluding carboxylic acids is 1. The molecule has 0 heterocycles. The summed E-state index contributed by atoms with van der Waals surface area (Å²) in [6.45, 7) is 0.120. The van der Waals surface area contributed by atoms with Gasteiger partial charge in [0.25, 0.3) is 0 Å². The molecule has 0 saturated carbocycles. The molecule has 0 fully saturated rings. The fraction of sp³-hybridized carbons (Fsp3) is 0.333. The van der Waals surface area contributed by atoms with Crippen LogP contribution in [-0.2, 0) is 16.1 Å². The maximum Gasteiger partial charge on any atom is 0.408 e. The first-order valence-electron chi connectivity index (χ1n) is 5.49. The van der Waals surface area contributed by atoms with Crippen molar-refractivity contribution in [1.82, 2.24) is 5.32 Å². The zero-order chi connectivity index (χ0) is 14.1. The van der Waals surface area contributed by atoms with Gasteiger partial charge in [-0.05, 0) is 11.8 Å². The third-order valence-electron chi connectivity index (χ3n) is 2.16. The Morgan fingerprint density at radius 2 is 2.05 bits per heavy atom. The highest BCUT2D eigenvalue weighted by Gasteiger charge is 2.20. The SMILES string of the molecule is CSSCC(NC(=O)OCc1ccccc1)C(=O)O. The van der Waals surface area contributed by atoms with Crippen LogP contribution >= 0.6 is 21.6 Å². The van der Waals surface area contributed by atoms with Crippen molar-refractivity contribution in [3.63, 3.8) is 0 Å². The van der Waals surface area contributed by atoms with Crippen molar-refractivity contribution in [3.05, 3.63) is 35.9 Å². The summed E-state index contributed by atoms with van der Waals surface area (Å²) in [5, 5.41) is 11.3. The summed E-state index contributed by atoms with van der Waals surface area (Å²) in [5.41, 5.74) is 0.850. The Balaban J connectivity index is 2.38. The van der Waals surface area contributed by atoms with E-state index in [4.69, 9.17) is 9.84 Å². The smallest absolute Gasteiger partial charge is 0.408 e. The first kappa shape index (κ1) is 15.7. The van der Waals surface area contributed by atoms with E-state index < -0.39 is 18.1 Å². The van der Waals surface area contributed by atoms with E-state index in [0.717, 1.165) is 5.56 Å². The maximum atomic E-state index is 11.5. The van der Waals surface area contributed by atoms with Crippen molar-refractivity contribution >= 4 is 33.7 Å². The number of carboxylic acid groups (broad SMARTS) is 1. The van der Waals surface area contributed by atoms with E-state index in [1.807, 2.05) is 36.6 Å². The van der Waals surface area contributed by atoms with E-state index in [-0.39, 0.29) is 12.4 Å². The zero-order valence-corrected chi connectivity index (χ0v) is 12.0. The molecule has 104 valence electrons. The van der Waals surface area contributed by atoms with Crippen molar-refractivity contribution < 1.29 is 19.4 Å². The Labute approximate surface area is 119 Å². The third kappa shape index (κ3) is 6.40. The topological polar surface area (TPSA) is 75.6 Å². The van der Waals surface area contributed by atoms with E-state index in [1.165, 1.54) is 21.6 Å². The molecule has 1 atom stereocenters. The molecule has 0 radical (unpaired) electrons. The van der Waals surface area contributed by atoms with Gasteiger partial charge in [-0.2, -0.15) is 0 Å². The number of alkyl carbamates (subject to hydrolysis) is 1. The number of benzene rings is 1. The molecule has 2 N–H and O–H groups in total. The number of amides is 1. The summed E-state index contributed by atoms with van der Waals surface area (Å²) in [6.07, 6.45) is 1.12. The van der Waals surface area contributed by atoms with Gasteiger partial charge in [-0.15, -0.1) is 0 Å². The first-order valence-corrected chi connectivity index (χ1v) is 8.22. The molecule has 7 heteroatoms. The number of rotatable bonds is 7. The molecule has 0 aromatic heterocycles. The largest absolute Gasteiger partial charge is 0.480 e. The normalized spacial score (nSPS) is 11.6. The van der Waals surface area contributed by atoms with Gasteiger partial charge < -0.3 is 15.2 Å². The standard InChI is InChI=1S/C12H15NO4S2/c1-18-19-8-10(11(14)15)13-12(16)17-7-9-5-3-2-4-6-9/h2-6,10H,7-8H2,1H3,(H,13,16)(H,14,15). The number of carboxylic acids is 1. The summed E-state index contributed by atoms with van der Waals surface area (Å²) in [5.74, 6) is -0.782. The number of hydrogen-bond donors (Lipinski definition) is 2. The first-order chi connectivity index (χ1) is 9.13. The van der Waals surface area contributed by atoms with Gasteiger partial charge in [0.2, 0.25) is 0 Å². The number of nitrogens with one attached hydrogen (secondary N) is 1. The molecule has 0 aliphatic carbocycles. The van der Waals surface area contributed by atoms with Gasteiger partial charge in [0.1, 0.15) is 12.6 Å². The molecular formula is C12H15NO4S2. The minimum Gasteiger partial charge on any atom is -0.480 e. The van der Waals surface area contributed by atoms with Crippen molar-refractivity contribution in [1.29, 1.82) is 0 Å². The lowest BCUT2D eigenvalue weighted by molar-refractivity contribution is -0.138. The van der Waals surface area contributed by atoms with Crippen molar-refractivity contribution in [3.8, 4) is 0 Å². The maximum absolute atomic E-state index is 11.5. The molecule has 1 unspecified atom stereocenters. The molecule has 1 amide bonds. The quantitative estimate of drug-likeness (QED) is 0.753. The second kappa shape index (κ2) is 8.71. The van der Waals surface area contributed by atoms with Crippen LogP contribution in [0.2, 0.25) is 0 Å². The second-order valence-corrected chi connectivity index (χ2v) is 6.16. The van der Waals surface area contributed by atoms with Crippen LogP contribution in [0.25, 0.3) is 0 Å². The van der Waals surface area contributed by atoms with Crippen LogP contribution in [0.15, 0.2) is 30.3 Å². The Kier molecular flexibility index (Phi) is 7.20. The van der Waals surface area contributed by atoms with Crippen LogP contribution in [0.3, 0.4) is 0 Å². The van der Waals surface area contributed by atoms with E-state index in [1.54, 1.807) is 0 Å². The predicted molar refractivity (Wildman–Crippen MR) is 77.2 cm³/mol. The lowest BCUT2D eigenvalue weighted by atomic mass is 10.2. The lowest BCUT2D eigenvalue weighted by Gasteiger charge is -2.13. The average Bonchev–Trinajstić information content (AvgIpc) is 2.42. The number of hydrogen-bond acceptors (Lipinski definition) is 5. The second-order valence-electron chi connectivity index (χ2n) is 3.55. The molecule has 0 aliphatic heterocycles. The van der Waals surface area contributed by atoms with Gasteiger partial charge in [-0.25, -0.2) is 9.59 Å². The molecule has 5 nitrogen and oxygen atoms in total. The van der Waals surface area contributed by atoms with Crippen molar-refractivity contribution in [2.75, 3.05) is 12.0 Å². The summed E-state index contributed by atoms with van der Waals surface area (Å²) >= 11 is 0. The van der Waals surface area contributed by atoms with Gasteiger partial charge in [-0.1, -0.05) is 51.9 Å². The van der Waals surface area contributed by atoms with Gasteiger partial charge in [0.05, 0.1) is 0 Å². The molecule has 0 spiro atoms. The molecule has 1 aromatic rings. The Morgan fingerprint density at radius 1 is 1.37 bits per heavy atom. The molecule has 0 saturated heterocycles. The minimum absolute atomic E-state index is 0.120. The van der Waals surface area contributed by atoms with E-state index >= 15 is 0 Å². The summed E-state index contributed by atoms with van der Waals surface area (Å²) < 4.78 is 4.96. The third-order valence-corrected chi connectivity index (χ3v) is 3.98. The van der Waals surface area contributed by atoms with E-state index in [0.29, 0.717) is 0 Å². The van der Waals surface area contributed by atoms with Crippen LogP contribution in [0.5, 0.6) is 0 Å². The van der Waals surface area contributed by atoms with Crippen LogP contribution in [-0.4, -0.2) is 35.2 Å². The van der Waals surface area contributed by atoms with E-state index in [9.17, 15) is 9.59 Å². The minimum atomic E-state index is -1.07. The highest BCUT2D eigenvalue weighted by Crippen LogP contribution is 2.17. The summed E-state index contributed by atoms with van der Waals surface area (Å²) in [4.78, 5) is 22.4. The summed E-state index contributed by atoms with van der Waals surface area (Å²) in [6, 6.07) is 8.25. The zero-order valence-electron chi connectivity index (χ0n) is 10.4. The fourth-order valence-corrected chi connectivity index (χ4v) is 2.53. The predicted octanol–water partition coefficient (Wildman–Crippen LogP) is 2.38. The number of aliphatic carboxylic acids is 1. The van der Waals surface area contributed by atoms with Gasteiger partial charge >= 0.3 is 12.1 Å². The lowest BCUT2D eigenvalue weighted by Crippen LogP contribution is -2.42. The summed E-state index contributed by atoms with van der Waals surface area (Å²) in [7, 11) is 2.81.